The molecule has 1 aromatic carbocycles. The second-order valence-electron chi connectivity index (χ2n) is 7.74. The van der Waals surface area contributed by atoms with Crippen LogP contribution in [0.2, 0.25) is 0 Å². The summed E-state index contributed by atoms with van der Waals surface area (Å²) in [5, 5.41) is 6.53. The molecule has 0 radical (unpaired) electrons. The van der Waals surface area contributed by atoms with E-state index in [-0.39, 0.29) is 23.7 Å². The first-order valence-electron chi connectivity index (χ1n) is 9.51. The van der Waals surface area contributed by atoms with Crippen LogP contribution in [-0.2, 0) is 10.3 Å². The Morgan fingerprint density at radius 1 is 1.17 bits per heavy atom. The van der Waals surface area contributed by atoms with Gasteiger partial charge in [0.15, 0.2) is 5.78 Å². The largest absolute Gasteiger partial charge is 0.377 e. The molecular formula is C23H23N3O2S. The first-order valence-corrected chi connectivity index (χ1v) is 10.7. The average Bonchev–Trinajstić information content (AvgIpc) is 2.73. The van der Waals surface area contributed by atoms with Gasteiger partial charge in [-0.2, -0.15) is 0 Å². The van der Waals surface area contributed by atoms with E-state index in [1.807, 2.05) is 68.7 Å². The first-order chi connectivity index (χ1) is 13.9. The van der Waals surface area contributed by atoms with E-state index < -0.39 is 5.54 Å². The van der Waals surface area contributed by atoms with E-state index >= 15 is 0 Å². The Balaban J connectivity index is 1.63. The number of hydrogen-bond acceptors (Lipinski definition) is 5. The van der Waals surface area contributed by atoms with Crippen LogP contribution in [0, 0.1) is 5.92 Å². The molecule has 1 aliphatic carbocycles. The highest BCUT2D eigenvalue weighted by molar-refractivity contribution is 8.02. The highest BCUT2D eigenvalue weighted by Gasteiger charge is 2.37. The Hall–Kier alpha value is -2.86. The maximum Gasteiger partial charge on any atom is 0.252 e. The number of amides is 1. The Kier molecular flexibility index (Phi) is 5.04. The number of thioether (sulfide) groups is 1. The lowest BCUT2D eigenvalue weighted by Gasteiger charge is -2.35. The molecule has 2 N–H and O–H groups in total. The predicted octanol–water partition coefficient (Wildman–Crippen LogP) is 3.91. The maximum absolute atomic E-state index is 13.2. The van der Waals surface area contributed by atoms with Gasteiger partial charge in [0, 0.05) is 28.5 Å². The van der Waals surface area contributed by atoms with E-state index in [1.165, 1.54) is 11.8 Å². The van der Waals surface area contributed by atoms with Crippen molar-refractivity contribution < 1.29 is 9.59 Å². The van der Waals surface area contributed by atoms with Crippen molar-refractivity contribution in [2.45, 2.75) is 25.4 Å². The number of carbonyl (C=O) groups excluding carboxylic acids is 2. The SMILES string of the molecule is CSC1=CC2C(=O)c3ccccc3NC2C=C1C(=O)NC(C)(C)c1cccnc1. The molecule has 0 fully saturated rings. The third-order valence-corrected chi connectivity index (χ3v) is 6.22. The van der Waals surface area contributed by atoms with Gasteiger partial charge in [0.25, 0.3) is 5.91 Å². The monoisotopic (exact) mass is 405 g/mol. The average molecular weight is 406 g/mol. The Bertz CT molecular complexity index is 1030. The molecule has 1 aliphatic heterocycles. The fourth-order valence-electron chi connectivity index (χ4n) is 3.80. The van der Waals surface area contributed by atoms with Gasteiger partial charge in [0.2, 0.25) is 0 Å². The summed E-state index contributed by atoms with van der Waals surface area (Å²) in [4.78, 5) is 31.1. The summed E-state index contributed by atoms with van der Waals surface area (Å²) in [6.07, 6.45) is 9.21. The van der Waals surface area contributed by atoms with Gasteiger partial charge in [-0.05, 0) is 49.9 Å². The van der Waals surface area contributed by atoms with Crippen LogP contribution in [0.25, 0.3) is 0 Å². The van der Waals surface area contributed by atoms with Crippen LogP contribution in [-0.4, -0.2) is 29.0 Å². The minimum absolute atomic E-state index is 0.0855. The first kappa shape index (κ1) is 19.5. The van der Waals surface area contributed by atoms with Crippen LogP contribution in [0.15, 0.2) is 71.4 Å². The van der Waals surface area contributed by atoms with Crippen molar-refractivity contribution in [2.75, 3.05) is 11.6 Å². The minimum Gasteiger partial charge on any atom is -0.377 e. The van der Waals surface area contributed by atoms with Crippen molar-refractivity contribution in [1.29, 1.82) is 0 Å². The van der Waals surface area contributed by atoms with Crippen LogP contribution < -0.4 is 10.6 Å². The van der Waals surface area contributed by atoms with Crippen LogP contribution in [0.4, 0.5) is 5.69 Å². The number of carbonyl (C=O) groups is 2. The number of nitrogens with zero attached hydrogens (tertiary/aromatic N) is 1. The smallest absolute Gasteiger partial charge is 0.252 e. The minimum atomic E-state index is -0.574. The van der Waals surface area contributed by atoms with Crippen LogP contribution in [0.5, 0.6) is 0 Å². The second kappa shape index (κ2) is 7.52. The van der Waals surface area contributed by atoms with Gasteiger partial charge >= 0.3 is 0 Å². The molecule has 0 bridgehead atoms. The number of para-hydroxylation sites is 1. The molecule has 2 aromatic rings. The number of pyridine rings is 1. The molecule has 1 aromatic heterocycles. The number of Topliss-reactive ketones (excluding diaryl/α,β-unsaturated/α-hetero) is 1. The van der Waals surface area contributed by atoms with E-state index in [0.29, 0.717) is 11.1 Å². The maximum atomic E-state index is 13.2. The number of rotatable bonds is 4. The van der Waals surface area contributed by atoms with Gasteiger partial charge in [-0.25, -0.2) is 0 Å². The van der Waals surface area contributed by atoms with E-state index in [2.05, 4.69) is 15.6 Å². The Labute approximate surface area is 174 Å². The third kappa shape index (κ3) is 3.60. The quantitative estimate of drug-likeness (QED) is 0.807. The van der Waals surface area contributed by atoms with Crippen molar-refractivity contribution >= 4 is 29.1 Å². The fraction of sp³-hybridized carbons (Fsp3) is 0.261. The third-order valence-electron chi connectivity index (χ3n) is 5.42. The zero-order valence-corrected chi connectivity index (χ0v) is 17.4. The molecule has 2 heterocycles. The van der Waals surface area contributed by atoms with Crippen molar-refractivity contribution in [3.63, 3.8) is 0 Å². The van der Waals surface area contributed by atoms with Gasteiger partial charge in [-0.15, -0.1) is 11.8 Å². The molecule has 2 unspecified atom stereocenters. The van der Waals surface area contributed by atoms with Crippen molar-refractivity contribution in [2.24, 2.45) is 5.92 Å². The summed E-state index contributed by atoms with van der Waals surface area (Å²) in [6.45, 7) is 3.91. The molecule has 2 aliphatic rings. The molecule has 2 atom stereocenters. The number of fused-ring (bicyclic) bond motifs is 2. The molecule has 1 amide bonds. The molecule has 4 rings (SSSR count). The van der Waals surface area contributed by atoms with Crippen LogP contribution in [0.1, 0.15) is 29.8 Å². The lowest BCUT2D eigenvalue weighted by molar-refractivity contribution is -0.118. The van der Waals surface area contributed by atoms with Gasteiger partial charge in [-0.1, -0.05) is 24.3 Å². The Morgan fingerprint density at radius 2 is 1.97 bits per heavy atom. The van der Waals surface area contributed by atoms with E-state index in [9.17, 15) is 9.59 Å². The van der Waals surface area contributed by atoms with E-state index in [0.717, 1.165) is 16.2 Å². The lowest BCUT2D eigenvalue weighted by Crippen LogP contribution is -2.44. The standard InChI is InChI=1S/C23H23N3O2S/c1-23(2,14-7-6-10-24-13-14)26-22(28)17-11-19-16(12-20(17)29-3)21(27)15-8-4-5-9-18(15)25-19/h4-13,16,19,25H,1-3H3,(H,26,28). The van der Waals surface area contributed by atoms with Gasteiger partial charge < -0.3 is 10.6 Å². The molecule has 6 heteroatoms. The number of hydrogen-bond donors (Lipinski definition) is 2. The lowest BCUT2D eigenvalue weighted by atomic mass is 9.81. The molecule has 0 saturated carbocycles. The molecule has 0 spiro atoms. The number of benzene rings is 1. The van der Waals surface area contributed by atoms with Gasteiger partial charge in [0.05, 0.1) is 23.1 Å². The van der Waals surface area contributed by atoms with E-state index in [1.54, 1.807) is 12.4 Å². The summed E-state index contributed by atoms with van der Waals surface area (Å²) >= 11 is 1.48. The van der Waals surface area contributed by atoms with Gasteiger partial charge in [0.1, 0.15) is 0 Å². The fourth-order valence-corrected chi connectivity index (χ4v) is 4.46. The van der Waals surface area contributed by atoms with Crippen LogP contribution >= 0.6 is 11.8 Å². The number of aromatic nitrogens is 1. The zero-order valence-electron chi connectivity index (χ0n) is 16.6. The molecule has 29 heavy (non-hydrogen) atoms. The van der Waals surface area contributed by atoms with Crippen molar-refractivity contribution in [1.82, 2.24) is 10.3 Å². The summed E-state index contributed by atoms with van der Waals surface area (Å²) in [5.41, 5.74) is 2.46. The van der Waals surface area contributed by atoms with E-state index in [4.69, 9.17) is 0 Å². The number of ketones is 1. The summed E-state index contributed by atoms with van der Waals surface area (Å²) < 4.78 is 0. The molecular weight excluding hydrogens is 382 g/mol. The number of nitrogens with one attached hydrogen (secondary N) is 2. The summed E-state index contributed by atoms with van der Waals surface area (Å²) in [7, 11) is 0. The summed E-state index contributed by atoms with van der Waals surface area (Å²) in [6, 6.07) is 11.1. The molecule has 148 valence electrons. The highest BCUT2D eigenvalue weighted by atomic mass is 32.2. The van der Waals surface area contributed by atoms with Gasteiger partial charge in [-0.3, -0.25) is 14.6 Å². The topological polar surface area (TPSA) is 71.1 Å². The normalized spacial score (nSPS) is 20.6. The second-order valence-corrected chi connectivity index (χ2v) is 8.59. The zero-order chi connectivity index (χ0) is 20.6. The summed E-state index contributed by atoms with van der Waals surface area (Å²) in [5.74, 6) is -0.386. The van der Waals surface area contributed by atoms with Crippen molar-refractivity contribution in [3.8, 4) is 0 Å². The molecule has 5 nitrogen and oxygen atoms in total. The molecule has 0 saturated heterocycles. The highest BCUT2D eigenvalue weighted by Crippen LogP contribution is 2.37. The van der Waals surface area contributed by atoms with Crippen molar-refractivity contribution in [3.05, 3.63) is 82.5 Å². The Morgan fingerprint density at radius 3 is 2.69 bits per heavy atom. The predicted molar refractivity (Wildman–Crippen MR) is 117 cm³/mol. The van der Waals surface area contributed by atoms with Crippen LogP contribution in [0.3, 0.4) is 0 Å². The number of anilines is 1.